The van der Waals surface area contributed by atoms with Gasteiger partial charge in [0.25, 0.3) is 0 Å². The van der Waals surface area contributed by atoms with E-state index in [-0.39, 0.29) is 5.84 Å². The highest BCUT2D eigenvalue weighted by molar-refractivity contribution is 5.88. The zero-order chi connectivity index (χ0) is 4.99. The molecule has 0 rings (SSSR count). The van der Waals surface area contributed by atoms with Gasteiger partial charge < -0.3 is 11.5 Å². The average Bonchev–Trinajstić information content (AvgIpc) is 1.35. The molecule has 0 saturated carbocycles. The second-order valence-electron chi connectivity index (χ2n) is 0.814. The van der Waals surface area contributed by atoms with Crippen molar-refractivity contribution in [3.05, 3.63) is 12.3 Å². The SMILES string of the molecule is N=C(N)/C=C/N. The summed E-state index contributed by atoms with van der Waals surface area (Å²) in [5, 5.41) is 6.51. The third kappa shape index (κ3) is 3.01. The van der Waals surface area contributed by atoms with Gasteiger partial charge in [0.15, 0.2) is 0 Å². The fraction of sp³-hybridized carbons (Fsp3) is 0. The van der Waals surface area contributed by atoms with E-state index in [9.17, 15) is 0 Å². The van der Waals surface area contributed by atoms with Crippen LogP contribution in [0.3, 0.4) is 0 Å². The second-order valence-corrected chi connectivity index (χ2v) is 0.814. The molecule has 5 N–H and O–H groups in total. The summed E-state index contributed by atoms with van der Waals surface area (Å²) in [4.78, 5) is 0. The van der Waals surface area contributed by atoms with Gasteiger partial charge in [-0.25, -0.2) is 0 Å². The van der Waals surface area contributed by atoms with Crippen LogP contribution in [-0.2, 0) is 0 Å². The maximum Gasteiger partial charge on any atom is 0.116 e. The first kappa shape index (κ1) is 5.01. The first-order valence-electron chi connectivity index (χ1n) is 1.49. The third-order valence-electron chi connectivity index (χ3n) is 0.276. The van der Waals surface area contributed by atoms with E-state index in [0.29, 0.717) is 0 Å². The van der Waals surface area contributed by atoms with E-state index in [4.69, 9.17) is 16.9 Å². The molecule has 0 spiro atoms. The number of amidine groups is 1. The van der Waals surface area contributed by atoms with Crippen molar-refractivity contribution >= 4 is 5.84 Å². The van der Waals surface area contributed by atoms with Crippen molar-refractivity contribution in [2.24, 2.45) is 11.5 Å². The Balaban J connectivity index is 3.30. The molecule has 0 heterocycles. The van der Waals surface area contributed by atoms with Crippen molar-refractivity contribution in [3.63, 3.8) is 0 Å². The van der Waals surface area contributed by atoms with E-state index in [1.807, 2.05) is 0 Å². The lowest BCUT2D eigenvalue weighted by atomic mass is 10.6. The lowest BCUT2D eigenvalue weighted by Gasteiger charge is -1.75. The molecule has 0 amide bonds. The molecule has 0 bridgehead atoms. The van der Waals surface area contributed by atoms with Crippen LogP contribution >= 0.6 is 0 Å². The predicted molar refractivity (Wildman–Crippen MR) is 25.2 cm³/mol. The Morgan fingerprint density at radius 2 is 2.17 bits per heavy atom. The van der Waals surface area contributed by atoms with E-state index in [0.717, 1.165) is 0 Å². The van der Waals surface area contributed by atoms with Crippen molar-refractivity contribution in [1.82, 2.24) is 0 Å². The van der Waals surface area contributed by atoms with Crippen LogP contribution in [0.2, 0.25) is 0 Å². The molecule has 0 aromatic heterocycles. The maximum atomic E-state index is 6.51. The van der Waals surface area contributed by atoms with Crippen LogP contribution < -0.4 is 11.5 Å². The summed E-state index contributed by atoms with van der Waals surface area (Å²) in [5.74, 6) is -0.0162. The molecule has 34 valence electrons. The summed E-state index contributed by atoms with van der Waals surface area (Å²) in [6.07, 6.45) is 2.53. The number of nitrogens with one attached hydrogen (secondary N) is 1. The molecule has 0 aliphatic rings. The first-order valence-corrected chi connectivity index (χ1v) is 1.49. The minimum atomic E-state index is -0.0162. The van der Waals surface area contributed by atoms with Crippen molar-refractivity contribution in [1.29, 1.82) is 5.41 Å². The van der Waals surface area contributed by atoms with Gasteiger partial charge in [0.05, 0.1) is 0 Å². The van der Waals surface area contributed by atoms with E-state index in [2.05, 4.69) is 0 Å². The Bertz CT molecular complexity index is 74.1. The van der Waals surface area contributed by atoms with Gasteiger partial charge in [0, 0.05) is 0 Å². The molecule has 0 atom stereocenters. The van der Waals surface area contributed by atoms with Gasteiger partial charge in [-0.1, -0.05) is 0 Å². The van der Waals surface area contributed by atoms with E-state index in [1.54, 1.807) is 0 Å². The van der Waals surface area contributed by atoms with Crippen LogP contribution in [0.1, 0.15) is 0 Å². The predicted octanol–water partition coefficient (Wildman–Crippen LogP) is -0.605. The molecule has 0 aliphatic carbocycles. The topological polar surface area (TPSA) is 75.9 Å². The quantitative estimate of drug-likeness (QED) is 0.293. The van der Waals surface area contributed by atoms with Crippen LogP contribution in [0.4, 0.5) is 0 Å². The van der Waals surface area contributed by atoms with Crippen LogP contribution in [0.15, 0.2) is 12.3 Å². The Labute approximate surface area is 36.1 Å². The Morgan fingerprint density at radius 3 is 2.17 bits per heavy atom. The smallest absolute Gasteiger partial charge is 0.116 e. The Kier molecular flexibility index (Phi) is 1.89. The first-order chi connectivity index (χ1) is 2.77. The van der Waals surface area contributed by atoms with Crippen molar-refractivity contribution in [2.75, 3.05) is 0 Å². The largest absolute Gasteiger partial charge is 0.404 e. The molecule has 0 radical (unpaired) electrons. The summed E-state index contributed by atoms with van der Waals surface area (Å²) < 4.78 is 0. The van der Waals surface area contributed by atoms with E-state index >= 15 is 0 Å². The minimum Gasteiger partial charge on any atom is -0.404 e. The molecule has 0 aromatic carbocycles. The molecule has 6 heavy (non-hydrogen) atoms. The maximum absolute atomic E-state index is 6.51. The van der Waals surface area contributed by atoms with Crippen molar-refractivity contribution < 1.29 is 0 Å². The number of rotatable bonds is 1. The van der Waals surface area contributed by atoms with Gasteiger partial charge in [-0.15, -0.1) is 0 Å². The molecule has 0 unspecified atom stereocenters. The monoisotopic (exact) mass is 85.1 g/mol. The van der Waals surface area contributed by atoms with E-state index < -0.39 is 0 Å². The number of nitrogens with two attached hydrogens (primary N) is 2. The summed E-state index contributed by atoms with van der Waals surface area (Å²) in [6.45, 7) is 0. The van der Waals surface area contributed by atoms with Gasteiger partial charge in [-0.3, -0.25) is 5.41 Å². The summed E-state index contributed by atoms with van der Waals surface area (Å²) in [5.41, 5.74) is 9.65. The molecule has 0 aromatic rings. The van der Waals surface area contributed by atoms with Crippen LogP contribution in [0, 0.1) is 5.41 Å². The summed E-state index contributed by atoms with van der Waals surface area (Å²) in [6, 6.07) is 0. The van der Waals surface area contributed by atoms with E-state index in [1.165, 1.54) is 12.3 Å². The normalized spacial score (nSPS) is 9.33. The molecule has 0 aliphatic heterocycles. The lowest BCUT2D eigenvalue weighted by molar-refractivity contribution is 1.45. The highest BCUT2D eigenvalue weighted by Crippen LogP contribution is 1.56. The average molecular weight is 85.1 g/mol. The fourth-order valence-corrected chi connectivity index (χ4v) is 0.104. The van der Waals surface area contributed by atoms with Gasteiger partial charge in [0.2, 0.25) is 0 Å². The number of hydrogen-bond acceptors (Lipinski definition) is 2. The van der Waals surface area contributed by atoms with Crippen LogP contribution in [0.25, 0.3) is 0 Å². The van der Waals surface area contributed by atoms with Crippen LogP contribution in [0.5, 0.6) is 0 Å². The van der Waals surface area contributed by atoms with Gasteiger partial charge in [0.1, 0.15) is 5.84 Å². The zero-order valence-electron chi connectivity index (χ0n) is 3.31. The molecule has 3 nitrogen and oxygen atoms in total. The molecular formula is C3H7N3. The fourth-order valence-electron chi connectivity index (χ4n) is 0.104. The molecule has 3 heteroatoms. The Morgan fingerprint density at radius 1 is 1.67 bits per heavy atom. The summed E-state index contributed by atoms with van der Waals surface area (Å²) in [7, 11) is 0. The standard InChI is InChI=1S/C3H7N3/c4-2-1-3(5)6/h1-2H,4H2,(H3,5,6)/b2-1+. The lowest BCUT2D eigenvalue weighted by Crippen LogP contribution is -2.04. The molecular weight excluding hydrogens is 78.1 g/mol. The third-order valence-corrected chi connectivity index (χ3v) is 0.276. The van der Waals surface area contributed by atoms with Gasteiger partial charge in [-0.2, -0.15) is 0 Å². The van der Waals surface area contributed by atoms with Crippen molar-refractivity contribution in [2.45, 2.75) is 0 Å². The minimum absolute atomic E-state index is 0.0162. The number of hydrogen-bond donors (Lipinski definition) is 3. The highest BCUT2D eigenvalue weighted by atomic mass is 14.7. The second kappa shape index (κ2) is 2.26. The Hall–Kier alpha value is -0.990. The highest BCUT2D eigenvalue weighted by Gasteiger charge is 1.67. The van der Waals surface area contributed by atoms with Crippen molar-refractivity contribution in [3.8, 4) is 0 Å². The van der Waals surface area contributed by atoms with Gasteiger partial charge >= 0.3 is 0 Å². The molecule has 0 fully saturated rings. The van der Waals surface area contributed by atoms with Gasteiger partial charge in [-0.05, 0) is 12.3 Å². The zero-order valence-corrected chi connectivity index (χ0v) is 3.31. The van der Waals surface area contributed by atoms with Crippen LogP contribution in [-0.4, -0.2) is 5.84 Å². The molecule has 0 saturated heterocycles. The summed E-state index contributed by atoms with van der Waals surface area (Å²) >= 11 is 0.